The van der Waals surface area contributed by atoms with Crippen molar-refractivity contribution in [2.45, 2.75) is 17.7 Å². The number of piperidine rings is 1. The van der Waals surface area contributed by atoms with Gasteiger partial charge in [-0.05, 0) is 37.1 Å². The van der Waals surface area contributed by atoms with Gasteiger partial charge in [-0.2, -0.15) is 4.31 Å². The first-order chi connectivity index (χ1) is 8.91. The van der Waals surface area contributed by atoms with Crippen molar-refractivity contribution in [3.63, 3.8) is 0 Å². The van der Waals surface area contributed by atoms with Crippen molar-refractivity contribution in [3.05, 3.63) is 28.7 Å². The predicted molar refractivity (Wildman–Crippen MR) is 73.3 cm³/mol. The monoisotopic (exact) mass is 347 g/mol. The second-order valence-corrected chi connectivity index (χ2v) is 7.35. The molecule has 1 aliphatic heterocycles. The van der Waals surface area contributed by atoms with E-state index in [9.17, 15) is 13.2 Å². The standard InChI is InChI=1S/C12H14BrNO4S/c13-10-3-5-11(6-4-10)19(17,18)14-7-1-2-9(8-14)12(15)16/h3-6,9H,1-2,7-8H2,(H,15,16)/t9-/m1/s1. The Bertz CT molecular complexity index is 570. The van der Waals surface area contributed by atoms with Crippen LogP contribution in [0.3, 0.4) is 0 Å². The lowest BCUT2D eigenvalue weighted by Gasteiger charge is -2.29. The summed E-state index contributed by atoms with van der Waals surface area (Å²) in [6.45, 7) is 0.426. The van der Waals surface area contributed by atoms with E-state index in [1.54, 1.807) is 12.1 Å². The van der Waals surface area contributed by atoms with Gasteiger partial charge in [0.1, 0.15) is 0 Å². The first kappa shape index (κ1) is 14.5. The van der Waals surface area contributed by atoms with Gasteiger partial charge in [0.15, 0.2) is 0 Å². The van der Waals surface area contributed by atoms with Gasteiger partial charge in [0.25, 0.3) is 0 Å². The molecule has 104 valence electrons. The molecular formula is C12H14BrNO4S. The first-order valence-electron chi connectivity index (χ1n) is 5.90. The Balaban J connectivity index is 2.24. The number of rotatable bonds is 3. The molecule has 0 spiro atoms. The normalized spacial score (nSPS) is 21.2. The molecule has 0 aliphatic carbocycles. The molecule has 0 bridgehead atoms. The zero-order valence-electron chi connectivity index (χ0n) is 10.1. The molecule has 1 atom stereocenters. The zero-order chi connectivity index (χ0) is 14.0. The number of carboxylic acid groups (broad SMARTS) is 1. The lowest BCUT2D eigenvalue weighted by molar-refractivity contribution is -0.142. The van der Waals surface area contributed by atoms with Crippen LogP contribution in [0.4, 0.5) is 0 Å². The third-order valence-electron chi connectivity index (χ3n) is 3.18. The summed E-state index contributed by atoms with van der Waals surface area (Å²) in [5, 5.41) is 9.00. The number of hydrogen-bond acceptors (Lipinski definition) is 3. The van der Waals surface area contributed by atoms with Crippen molar-refractivity contribution in [2.24, 2.45) is 5.92 Å². The quantitative estimate of drug-likeness (QED) is 0.906. The smallest absolute Gasteiger partial charge is 0.307 e. The third kappa shape index (κ3) is 3.16. The van der Waals surface area contributed by atoms with Gasteiger partial charge in [-0.25, -0.2) is 8.42 Å². The van der Waals surface area contributed by atoms with Gasteiger partial charge in [0.05, 0.1) is 10.8 Å². The van der Waals surface area contributed by atoms with Gasteiger partial charge in [0, 0.05) is 17.6 Å². The van der Waals surface area contributed by atoms with Crippen LogP contribution in [0, 0.1) is 5.92 Å². The van der Waals surface area contributed by atoms with Gasteiger partial charge in [-0.1, -0.05) is 15.9 Å². The summed E-state index contributed by atoms with van der Waals surface area (Å²) in [5.41, 5.74) is 0. The van der Waals surface area contributed by atoms with E-state index in [4.69, 9.17) is 5.11 Å². The number of nitrogens with zero attached hydrogens (tertiary/aromatic N) is 1. The Morgan fingerprint density at radius 2 is 1.95 bits per heavy atom. The summed E-state index contributed by atoms with van der Waals surface area (Å²) in [7, 11) is -3.60. The van der Waals surface area contributed by atoms with Crippen LogP contribution in [0.5, 0.6) is 0 Å². The highest BCUT2D eigenvalue weighted by atomic mass is 79.9. The summed E-state index contributed by atoms with van der Waals surface area (Å²) in [6, 6.07) is 6.35. The van der Waals surface area contributed by atoms with E-state index in [0.717, 1.165) is 4.47 Å². The second kappa shape index (κ2) is 5.60. The molecule has 7 heteroatoms. The predicted octanol–water partition coefficient (Wildman–Crippen LogP) is 1.93. The van der Waals surface area contributed by atoms with E-state index >= 15 is 0 Å². The lowest BCUT2D eigenvalue weighted by atomic mass is 10.0. The van der Waals surface area contributed by atoms with Crippen molar-refractivity contribution in [2.75, 3.05) is 13.1 Å². The Morgan fingerprint density at radius 3 is 2.53 bits per heavy atom. The number of halogens is 1. The molecule has 0 aromatic heterocycles. The van der Waals surface area contributed by atoms with Crippen LogP contribution < -0.4 is 0 Å². The Labute approximate surface area is 120 Å². The van der Waals surface area contributed by atoms with Crippen LogP contribution in [0.15, 0.2) is 33.6 Å². The minimum absolute atomic E-state index is 0.0493. The van der Waals surface area contributed by atoms with Crippen molar-refractivity contribution in [1.29, 1.82) is 0 Å². The van der Waals surface area contributed by atoms with Crippen molar-refractivity contribution in [3.8, 4) is 0 Å². The van der Waals surface area contributed by atoms with Gasteiger partial charge in [-0.3, -0.25) is 4.79 Å². The summed E-state index contributed by atoms with van der Waals surface area (Å²) in [4.78, 5) is 11.2. The first-order valence-corrected chi connectivity index (χ1v) is 8.13. The molecule has 1 saturated heterocycles. The molecule has 0 unspecified atom stereocenters. The fraction of sp³-hybridized carbons (Fsp3) is 0.417. The fourth-order valence-electron chi connectivity index (χ4n) is 2.12. The highest BCUT2D eigenvalue weighted by Gasteiger charge is 2.33. The Kier molecular flexibility index (Phi) is 4.27. The number of sulfonamides is 1. The number of aliphatic carboxylic acids is 1. The zero-order valence-corrected chi connectivity index (χ0v) is 12.5. The average Bonchev–Trinajstić information content (AvgIpc) is 2.39. The maximum absolute atomic E-state index is 12.4. The molecule has 1 heterocycles. The van der Waals surface area contributed by atoms with Crippen LogP contribution >= 0.6 is 15.9 Å². The van der Waals surface area contributed by atoms with Crippen molar-refractivity contribution < 1.29 is 18.3 Å². The maximum atomic E-state index is 12.4. The minimum atomic E-state index is -3.60. The summed E-state index contributed by atoms with van der Waals surface area (Å²) < 4.78 is 26.8. The molecule has 1 aliphatic rings. The summed E-state index contributed by atoms with van der Waals surface area (Å²) in [5.74, 6) is -1.55. The topological polar surface area (TPSA) is 74.7 Å². The summed E-state index contributed by atoms with van der Waals surface area (Å²) >= 11 is 3.25. The molecule has 1 aromatic carbocycles. The molecule has 1 fully saturated rings. The molecule has 0 radical (unpaired) electrons. The molecular weight excluding hydrogens is 334 g/mol. The van der Waals surface area contributed by atoms with Crippen LogP contribution in [-0.4, -0.2) is 36.9 Å². The van der Waals surface area contributed by atoms with Crippen LogP contribution in [0.2, 0.25) is 0 Å². The Morgan fingerprint density at radius 1 is 1.32 bits per heavy atom. The highest BCUT2D eigenvalue weighted by molar-refractivity contribution is 9.10. The molecule has 19 heavy (non-hydrogen) atoms. The number of carbonyl (C=O) groups is 1. The van der Waals surface area contributed by atoms with E-state index in [1.807, 2.05) is 0 Å². The van der Waals surface area contributed by atoms with Crippen molar-refractivity contribution in [1.82, 2.24) is 4.31 Å². The number of hydrogen-bond donors (Lipinski definition) is 1. The van der Waals surface area contributed by atoms with E-state index in [1.165, 1.54) is 16.4 Å². The van der Waals surface area contributed by atoms with Gasteiger partial charge >= 0.3 is 5.97 Å². The Hall–Kier alpha value is -0.920. The van der Waals surface area contributed by atoms with E-state index in [-0.39, 0.29) is 11.4 Å². The van der Waals surface area contributed by atoms with Gasteiger partial charge in [-0.15, -0.1) is 0 Å². The minimum Gasteiger partial charge on any atom is -0.481 e. The molecule has 5 nitrogen and oxygen atoms in total. The average molecular weight is 348 g/mol. The van der Waals surface area contributed by atoms with Crippen LogP contribution in [0.1, 0.15) is 12.8 Å². The molecule has 1 aromatic rings. The maximum Gasteiger partial charge on any atom is 0.307 e. The molecule has 2 rings (SSSR count). The highest BCUT2D eigenvalue weighted by Crippen LogP contribution is 2.24. The second-order valence-electron chi connectivity index (χ2n) is 4.49. The largest absolute Gasteiger partial charge is 0.481 e. The molecule has 0 amide bonds. The van der Waals surface area contributed by atoms with E-state index < -0.39 is 21.9 Å². The number of carboxylic acids is 1. The van der Waals surface area contributed by atoms with Gasteiger partial charge in [0.2, 0.25) is 10.0 Å². The van der Waals surface area contributed by atoms with E-state index in [0.29, 0.717) is 19.4 Å². The SMILES string of the molecule is O=C(O)[C@@H]1CCCN(S(=O)(=O)c2ccc(Br)cc2)C1. The van der Waals surface area contributed by atoms with Crippen LogP contribution in [-0.2, 0) is 14.8 Å². The lowest BCUT2D eigenvalue weighted by Crippen LogP contribution is -2.42. The fourth-order valence-corrected chi connectivity index (χ4v) is 3.91. The van der Waals surface area contributed by atoms with Gasteiger partial charge < -0.3 is 5.11 Å². The van der Waals surface area contributed by atoms with Crippen molar-refractivity contribution >= 4 is 31.9 Å². The van der Waals surface area contributed by atoms with E-state index in [2.05, 4.69) is 15.9 Å². The van der Waals surface area contributed by atoms with Crippen LogP contribution in [0.25, 0.3) is 0 Å². The molecule has 0 saturated carbocycles. The number of benzene rings is 1. The molecule has 1 N–H and O–H groups in total. The summed E-state index contributed by atoms with van der Waals surface area (Å²) in [6.07, 6.45) is 1.11. The third-order valence-corrected chi connectivity index (χ3v) is 5.59.